The summed E-state index contributed by atoms with van der Waals surface area (Å²) in [5.41, 5.74) is 1.43. The van der Waals surface area contributed by atoms with Crippen LogP contribution >= 0.6 is 0 Å². The molecule has 2 N–H and O–H groups in total. The van der Waals surface area contributed by atoms with Gasteiger partial charge in [-0.3, -0.25) is 0 Å². The van der Waals surface area contributed by atoms with E-state index in [2.05, 4.69) is 20.6 Å². The molecule has 2 heterocycles. The molecule has 31 heavy (non-hydrogen) atoms. The van der Waals surface area contributed by atoms with Crippen molar-refractivity contribution in [2.45, 2.75) is 57.1 Å². The summed E-state index contributed by atoms with van der Waals surface area (Å²) >= 11 is 0. The van der Waals surface area contributed by atoms with Crippen LogP contribution in [0.2, 0.25) is 0 Å². The van der Waals surface area contributed by atoms with Crippen LogP contribution in [0.15, 0.2) is 42.5 Å². The van der Waals surface area contributed by atoms with Gasteiger partial charge in [0.2, 0.25) is 0 Å². The van der Waals surface area contributed by atoms with Crippen molar-refractivity contribution < 1.29 is 9.90 Å². The molecule has 4 rings (SSSR count). The highest BCUT2D eigenvalue weighted by atomic mass is 16.3. The summed E-state index contributed by atoms with van der Waals surface area (Å²) in [6.45, 7) is 1.40. The average molecular weight is 425 g/mol. The van der Waals surface area contributed by atoms with Crippen molar-refractivity contribution >= 4 is 6.03 Å². The number of unbranched alkanes of at least 4 members (excludes halogenated alkanes) is 1. The number of aliphatic hydroxyl groups excluding tert-OH is 1. The Morgan fingerprint density at radius 1 is 1.29 bits per heavy atom. The fourth-order valence-electron chi connectivity index (χ4n) is 4.49. The van der Waals surface area contributed by atoms with Crippen molar-refractivity contribution in [3.63, 3.8) is 0 Å². The Kier molecular flexibility index (Phi) is 6.65. The second-order valence-corrected chi connectivity index (χ2v) is 9.03. The number of rotatable bonds is 11. The molecule has 0 spiro atoms. The van der Waals surface area contributed by atoms with Crippen molar-refractivity contribution in [2.75, 3.05) is 20.1 Å². The summed E-state index contributed by atoms with van der Waals surface area (Å²) in [6, 6.07) is 10.0. The number of aliphatic hydroxyl groups is 1. The van der Waals surface area contributed by atoms with Crippen LogP contribution < -0.4 is 0 Å². The van der Waals surface area contributed by atoms with Gasteiger partial charge in [-0.25, -0.2) is 4.79 Å². The molecule has 8 heteroatoms. The van der Waals surface area contributed by atoms with Gasteiger partial charge in [0.05, 0.1) is 12.1 Å². The molecule has 2 amide bonds. The molecule has 1 aliphatic carbocycles. The van der Waals surface area contributed by atoms with Gasteiger partial charge in [0, 0.05) is 33.0 Å². The van der Waals surface area contributed by atoms with Crippen LogP contribution in [-0.4, -0.2) is 73.8 Å². The normalized spacial score (nSPS) is 21.2. The van der Waals surface area contributed by atoms with Crippen LogP contribution in [0.1, 0.15) is 43.5 Å². The molecule has 1 aliphatic heterocycles. The molecule has 166 valence electrons. The average Bonchev–Trinajstić information content (AvgIpc) is 3.21. The Bertz CT molecular complexity index is 865. The van der Waals surface area contributed by atoms with Crippen molar-refractivity contribution in [2.24, 2.45) is 5.41 Å². The smallest absolute Gasteiger partial charge is 0.320 e. The number of H-pyrrole nitrogens is 1. The Hall–Kier alpha value is -2.74. The molecule has 2 atom stereocenters. The minimum Gasteiger partial charge on any atom is -0.389 e. The quantitative estimate of drug-likeness (QED) is 0.427. The first-order valence-corrected chi connectivity index (χ1v) is 11.2. The van der Waals surface area contributed by atoms with Gasteiger partial charge in [-0.2, -0.15) is 5.21 Å². The third-order valence-electron chi connectivity index (χ3n) is 6.51. The molecule has 0 bridgehead atoms. The third-order valence-corrected chi connectivity index (χ3v) is 6.51. The summed E-state index contributed by atoms with van der Waals surface area (Å²) in [7, 11) is 1.84. The van der Waals surface area contributed by atoms with E-state index < -0.39 is 6.10 Å². The maximum absolute atomic E-state index is 12.6. The van der Waals surface area contributed by atoms with Gasteiger partial charge < -0.3 is 14.9 Å². The zero-order valence-electron chi connectivity index (χ0n) is 18.2. The monoisotopic (exact) mass is 424 g/mol. The largest absolute Gasteiger partial charge is 0.389 e. The molecule has 2 aromatic rings. The lowest BCUT2D eigenvalue weighted by molar-refractivity contribution is 0.192. The minimum absolute atomic E-state index is 0.0112. The molecular weight excluding hydrogens is 392 g/mol. The van der Waals surface area contributed by atoms with E-state index in [-0.39, 0.29) is 12.1 Å². The highest BCUT2D eigenvalue weighted by Crippen LogP contribution is 2.51. The first-order chi connectivity index (χ1) is 15.0. The number of aromatic amines is 1. The molecule has 2 fully saturated rings. The number of urea groups is 1. The number of nitrogens with zero attached hydrogens (tertiary/aromatic N) is 5. The zero-order valence-corrected chi connectivity index (χ0v) is 18.2. The number of carbonyl (C=O) groups excluding carboxylic acids is 1. The number of hydrogen-bond acceptors (Lipinski definition) is 5. The first-order valence-electron chi connectivity index (χ1n) is 11.2. The molecule has 1 unspecified atom stereocenters. The number of carbonyl (C=O) groups is 1. The maximum Gasteiger partial charge on any atom is 0.320 e. The molecule has 8 nitrogen and oxygen atoms in total. The molecule has 1 saturated carbocycles. The van der Waals surface area contributed by atoms with Gasteiger partial charge in [0.25, 0.3) is 0 Å². The summed E-state index contributed by atoms with van der Waals surface area (Å²) in [5.74, 6) is 0.799. The van der Waals surface area contributed by atoms with Crippen LogP contribution in [-0.2, 0) is 12.8 Å². The van der Waals surface area contributed by atoms with E-state index in [1.807, 2.05) is 54.4 Å². The number of benzene rings is 1. The lowest BCUT2D eigenvalue weighted by atomic mass is 9.95. The Morgan fingerprint density at radius 2 is 2.10 bits per heavy atom. The number of hydrogen-bond donors (Lipinski definition) is 2. The van der Waals surface area contributed by atoms with Crippen LogP contribution in [0.3, 0.4) is 0 Å². The summed E-state index contributed by atoms with van der Waals surface area (Å²) in [6.07, 6.45) is 10.4. The second-order valence-electron chi connectivity index (χ2n) is 9.03. The number of likely N-dealkylation sites (N-methyl/N-ethyl adjacent to an activating group) is 1. The summed E-state index contributed by atoms with van der Waals surface area (Å²) < 4.78 is 0. The van der Waals surface area contributed by atoms with E-state index in [1.54, 1.807) is 4.90 Å². The second kappa shape index (κ2) is 9.60. The van der Waals surface area contributed by atoms with Gasteiger partial charge in [-0.15, -0.1) is 10.2 Å². The lowest BCUT2D eigenvalue weighted by Gasteiger charge is -2.22. The molecule has 0 radical (unpaired) electrons. The topological polar surface area (TPSA) is 98.2 Å². The van der Waals surface area contributed by atoms with Gasteiger partial charge in [-0.1, -0.05) is 54.1 Å². The summed E-state index contributed by atoms with van der Waals surface area (Å²) in [4.78, 5) is 16.3. The van der Waals surface area contributed by atoms with Crippen molar-refractivity contribution in [1.29, 1.82) is 0 Å². The van der Waals surface area contributed by atoms with Crippen LogP contribution in [0.4, 0.5) is 4.79 Å². The standard InChI is InChI=1S/C23H32N6O2/c1-28-17-19(9-10-20(30)15-18-7-3-2-4-8-18)29(22(28)31)14-6-5-11-23(12-13-23)16-21-24-26-27-25-21/h2-4,7-10,19-20,30H,5-6,11-17H2,1H3,(H,24,25,26,27)/t19-,20?/m0/s1. The predicted molar refractivity (Wildman–Crippen MR) is 117 cm³/mol. The van der Waals surface area contributed by atoms with E-state index in [0.29, 0.717) is 18.4 Å². The van der Waals surface area contributed by atoms with Gasteiger partial charge in [0.15, 0.2) is 5.82 Å². The number of nitrogens with one attached hydrogen (secondary N) is 1. The number of amides is 2. The first kappa shape index (κ1) is 21.5. The predicted octanol–water partition coefficient (Wildman–Crippen LogP) is 2.59. The van der Waals surface area contributed by atoms with E-state index in [0.717, 1.165) is 43.6 Å². The van der Waals surface area contributed by atoms with E-state index >= 15 is 0 Å². The fraction of sp³-hybridized carbons (Fsp3) is 0.565. The van der Waals surface area contributed by atoms with Crippen LogP contribution in [0, 0.1) is 5.41 Å². The van der Waals surface area contributed by atoms with Crippen molar-refractivity contribution in [3.8, 4) is 0 Å². The Morgan fingerprint density at radius 3 is 2.81 bits per heavy atom. The highest BCUT2D eigenvalue weighted by molar-refractivity contribution is 5.77. The third kappa shape index (κ3) is 5.70. The van der Waals surface area contributed by atoms with Gasteiger partial charge >= 0.3 is 6.03 Å². The van der Waals surface area contributed by atoms with E-state index in [4.69, 9.17) is 0 Å². The van der Waals surface area contributed by atoms with Crippen molar-refractivity contribution in [1.82, 2.24) is 30.4 Å². The minimum atomic E-state index is -0.551. The fourth-order valence-corrected chi connectivity index (χ4v) is 4.49. The molecule has 1 aromatic heterocycles. The van der Waals surface area contributed by atoms with E-state index in [1.165, 1.54) is 12.8 Å². The molecule has 1 aromatic carbocycles. The maximum atomic E-state index is 12.6. The van der Waals surface area contributed by atoms with Crippen LogP contribution in [0.5, 0.6) is 0 Å². The lowest BCUT2D eigenvalue weighted by Crippen LogP contribution is -2.34. The summed E-state index contributed by atoms with van der Waals surface area (Å²) in [5, 5.41) is 24.7. The highest BCUT2D eigenvalue weighted by Gasteiger charge is 2.43. The number of tetrazole rings is 1. The SMILES string of the molecule is CN1C[C@H](C=CC(O)Cc2ccccc2)N(CCCCC2(Cc3nn[nH]n3)CC2)C1=O. The Labute approximate surface area is 183 Å². The van der Waals surface area contributed by atoms with E-state index in [9.17, 15) is 9.90 Å². The van der Waals surface area contributed by atoms with Gasteiger partial charge in [0.1, 0.15) is 0 Å². The molecule has 1 saturated heterocycles. The molecular formula is C23H32N6O2. The number of aromatic nitrogens is 4. The van der Waals surface area contributed by atoms with Crippen LogP contribution in [0.25, 0.3) is 0 Å². The van der Waals surface area contributed by atoms with Gasteiger partial charge in [-0.05, 0) is 36.7 Å². The van der Waals surface area contributed by atoms with Crippen molar-refractivity contribution in [3.05, 3.63) is 53.9 Å². The zero-order chi connectivity index (χ0) is 21.7. The Balaban J connectivity index is 1.24. The molecule has 2 aliphatic rings.